The van der Waals surface area contributed by atoms with Gasteiger partial charge in [-0.1, -0.05) is 33.8 Å². The second-order valence-electron chi connectivity index (χ2n) is 6.20. The van der Waals surface area contributed by atoms with Gasteiger partial charge in [0.1, 0.15) is 12.1 Å². The van der Waals surface area contributed by atoms with E-state index >= 15 is 0 Å². The van der Waals surface area contributed by atoms with Crippen LogP contribution in [0.4, 0.5) is 0 Å². The van der Waals surface area contributed by atoms with Crippen LogP contribution in [0.15, 0.2) is 17.5 Å². The summed E-state index contributed by atoms with van der Waals surface area (Å²) in [5.41, 5.74) is 0. The van der Waals surface area contributed by atoms with Crippen molar-refractivity contribution < 1.29 is 19.5 Å². The molecule has 2 atom stereocenters. The molecule has 7 heteroatoms. The van der Waals surface area contributed by atoms with E-state index < -0.39 is 24.0 Å². The summed E-state index contributed by atoms with van der Waals surface area (Å²) in [4.78, 5) is 36.3. The minimum Gasteiger partial charge on any atom is -0.480 e. The first kappa shape index (κ1) is 19.2. The first-order valence-corrected chi connectivity index (χ1v) is 8.47. The maximum Gasteiger partial charge on any atom is 0.326 e. The molecule has 128 valence electrons. The van der Waals surface area contributed by atoms with Crippen molar-refractivity contribution in [3.63, 3.8) is 0 Å². The van der Waals surface area contributed by atoms with Gasteiger partial charge in [0.05, 0.1) is 4.88 Å². The largest absolute Gasteiger partial charge is 0.480 e. The van der Waals surface area contributed by atoms with Crippen molar-refractivity contribution in [2.75, 3.05) is 0 Å². The molecule has 0 fully saturated rings. The first-order chi connectivity index (χ1) is 10.7. The number of amides is 2. The number of carbonyl (C=O) groups excluding carboxylic acids is 2. The summed E-state index contributed by atoms with van der Waals surface area (Å²) in [6.07, 6.45) is 0.338. The van der Waals surface area contributed by atoms with Crippen LogP contribution in [0.2, 0.25) is 0 Å². The molecule has 6 nitrogen and oxygen atoms in total. The third-order valence-corrected chi connectivity index (χ3v) is 4.17. The summed E-state index contributed by atoms with van der Waals surface area (Å²) >= 11 is 1.29. The van der Waals surface area contributed by atoms with Gasteiger partial charge in [-0.2, -0.15) is 0 Å². The zero-order valence-electron chi connectivity index (χ0n) is 13.8. The third-order valence-electron chi connectivity index (χ3n) is 3.30. The van der Waals surface area contributed by atoms with Gasteiger partial charge < -0.3 is 15.7 Å². The summed E-state index contributed by atoms with van der Waals surface area (Å²) in [5, 5.41) is 16.2. The van der Waals surface area contributed by atoms with Crippen LogP contribution in [0, 0.1) is 11.8 Å². The van der Waals surface area contributed by atoms with Gasteiger partial charge in [-0.15, -0.1) is 11.3 Å². The van der Waals surface area contributed by atoms with E-state index in [4.69, 9.17) is 0 Å². The molecule has 0 aliphatic heterocycles. The molecular weight excluding hydrogens is 316 g/mol. The molecule has 0 radical (unpaired) electrons. The van der Waals surface area contributed by atoms with Gasteiger partial charge in [-0.3, -0.25) is 9.59 Å². The quantitative estimate of drug-likeness (QED) is 0.675. The van der Waals surface area contributed by atoms with E-state index in [1.54, 1.807) is 31.4 Å². The van der Waals surface area contributed by atoms with E-state index in [9.17, 15) is 19.5 Å². The lowest BCUT2D eigenvalue weighted by atomic mass is 10.0. The van der Waals surface area contributed by atoms with Crippen molar-refractivity contribution in [3.8, 4) is 0 Å². The molecule has 0 aliphatic carbocycles. The van der Waals surface area contributed by atoms with Crippen molar-refractivity contribution in [3.05, 3.63) is 22.4 Å². The van der Waals surface area contributed by atoms with E-state index in [-0.39, 0.29) is 17.7 Å². The topological polar surface area (TPSA) is 95.5 Å². The van der Waals surface area contributed by atoms with E-state index in [1.165, 1.54) is 11.3 Å². The van der Waals surface area contributed by atoms with Gasteiger partial charge in [0.2, 0.25) is 5.91 Å². The predicted octanol–water partition coefficient (Wildman–Crippen LogP) is 2.12. The Labute approximate surface area is 140 Å². The Hall–Kier alpha value is -1.89. The lowest BCUT2D eigenvalue weighted by Gasteiger charge is -2.24. The van der Waals surface area contributed by atoms with Gasteiger partial charge in [-0.05, 0) is 29.7 Å². The summed E-state index contributed by atoms with van der Waals surface area (Å²) in [5.74, 6) is -1.90. The number of hydrogen-bond acceptors (Lipinski definition) is 4. The smallest absolute Gasteiger partial charge is 0.326 e. The Bertz CT molecular complexity index is 540. The Balaban J connectivity index is 2.77. The molecule has 0 bridgehead atoms. The summed E-state index contributed by atoms with van der Waals surface area (Å²) in [7, 11) is 0. The maximum atomic E-state index is 12.4. The highest BCUT2D eigenvalue weighted by molar-refractivity contribution is 7.12. The Morgan fingerprint density at radius 3 is 2.26 bits per heavy atom. The van der Waals surface area contributed by atoms with Gasteiger partial charge in [-0.25, -0.2) is 4.79 Å². The molecule has 0 aliphatic rings. The van der Waals surface area contributed by atoms with Crippen LogP contribution < -0.4 is 10.6 Å². The van der Waals surface area contributed by atoms with Crippen molar-refractivity contribution in [1.82, 2.24) is 10.6 Å². The van der Waals surface area contributed by atoms with E-state index in [0.717, 1.165) is 0 Å². The predicted molar refractivity (Wildman–Crippen MR) is 89.4 cm³/mol. The fourth-order valence-electron chi connectivity index (χ4n) is 2.11. The van der Waals surface area contributed by atoms with Gasteiger partial charge in [0, 0.05) is 0 Å². The number of carboxylic acids is 1. The second-order valence-corrected chi connectivity index (χ2v) is 7.15. The van der Waals surface area contributed by atoms with Gasteiger partial charge >= 0.3 is 5.97 Å². The van der Waals surface area contributed by atoms with Crippen LogP contribution in [0.5, 0.6) is 0 Å². The van der Waals surface area contributed by atoms with Crippen molar-refractivity contribution >= 4 is 29.1 Å². The lowest BCUT2D eigenvalue weighted by Crippen LogP contribution is -2.53. The molecule has 0 saturated heterocycles. The molecule has 1 aromatic heterocycles. The Morgan fingerprint density at radius 1 is 1.17 bits per heavy atom. The molecule has 0 spiro atoms. The summed E-state index contributed by atoms with van der Waals surface area (Å²) < 4.78 is 0. The summed E-state index contributed by atoms with van der Waals surface area (Å²) in [6.45, 7) is 7.38. The van der Waals surface area contributed by atoms with Crippen LogP contribution in [0.1, 0.15) is 43.8 Å². The van der Waals surface area contributed by atoms with Crippen molar-refractivity contribution in [1.29, 1.82) is 0 Å². The highest BCUT2D eigenvalue weighted by atomic mass is 32.1. The highest BCUT2D eigenvalue weighted by Gasteiger charge is 2.29. The van der Waals surface area contributed by atoms with Crippen LogP contribution in [0.25, 0.3) is 0 Å². The standard InChI is InChI=1S/C16H24N2O4S/c1-9(2)8-11(16(21)22)17-15(20)13(10(3)4)18-14(19)12-6-5-7-23-12/h5-7,9-11,13H,8H2,1-4H3,(H,17,20)(H,18,19)(H,21,22)/t11-,13?/m1/s1. The highest BCUT2D eigenvalue weighted by Crippen LogP contribution is 2.11. The van der Waals surface area contributed by atoms with Crippen molar-refractivity contribution in [2.45, 2.75) is 46.2 Å². The number of carbonyl (C=O) groups is 3. The van der Waals surface area contributed by atoms with E-state index in [2.05, 4.69) is 10.6 Å². The molecule has 0 saturated carbocycles. The van der Waals surface area contributed by atoms with Crippen molar-refractivity contribution in [2.24, 2.45) is 11.8 Å². The van der Waals surface area contributed by atoms with Gasteiger partial charge in [0.15, 0.2) is 0 Å². The average Bonchev–Trinajstić information content (AvgIpc) is 2.96. The molecule has 0 aromatic carbocycles. The zero-order valence-corrected chi connectivity index (χ0v) is 14.6. The fourth-order valence-corrected chi connectivity index (χ4v) is 2.74. The maximum absolute atomic E-state index is 12.4. The SMILES string of the molecule is CC(C)C[C@@H](NC(=O)C(NC(=O)c1cccs1)C(C)C)C(=O)O. The minimum atomic E-state index is -1.07. The molecule has 1 rings (SSSR count). The third kappa shape index (κ3) is 6.02. The molecule has 23 heavy (non-hydrogen) atoms. The second kappa shape index (κ2) is 8.67. The van der Waals surface area contributed by atoms with Crippen LogP contribution in [0.3, 0.4) is 0 Å². The molecule has 2 amide bonds. The van der Waals surface area contributed by atoms with Crippen LogP contribution >= 0.6 is 11.3 Å². The van der Waals surface area contributed by atoms with E-state index in [0.29, 0.717) is 11.3 Å². The number of thiophene rings is 1. The number of aliphatic carboxylic acids is 1. The normalized spacial score (nSPS) is 13.7. The van der Waals surface area contributed by atoms with Crippen LogP contribution in [-0.4, -0.2) is 35.0 Å². The molecule has 1 aromatic rings. The zero-order chi connectivity index (χ0) is 17.6. The summed E-state index contributed by atoms with van der Waals surface area (Å²) in [6, 6.07) is 1.70. The Morgan fingerprint density at radius 2 is 1.83 bits per heavy atom. The fraction of sp³-hybridized carbons (Fsp3) is 0.562. The molecule has 3 N–H and O–H groups in total. The molecular formula is C16H24N2O4S. The number of hydrogen-bond donors (Lipinski definition) is 3. The molecule has 1 heterocycles. The average molecular weight is 340 g/mol. The Kier molecular flexibility index (Phi) is 7.22. The minimum absolute atomic E-state index is 0.134. The number of carboxylic acid groups (broad SMARTS) is 1. The number of rotatable bonds is 8. The molecule has 1 unspecified atom stereocenters. The van der Waals surface area contributed by atoms with Gasteiger partial charge in [0.25, 0.3) is 5.91 Å². The van der Waals surface area contributed by atoms with E-state index in [1.807, 2.05) is 13.8 Å². The number of nitrogens with one attached hydrogen (secondary N) is 2. The monoisotopic (exact) mass is 340 g/mol. The lowest BCUT2D eigenvalue weighted by molar-refractivity contribution is -0.142. The first-order valence-electron chi connectivity index (χ1n) is 7.60. The van der Waals surface area contributed by atoms with Crippen LogP contribution in [-0.2, 0) is 9.59 Å².